The molecule has 34 heavy (non-hydrogen) atoms. The third-order valence-electron chi connectivity index (χ3n) is 5.40. The maximum absolute atomic E-state index is 15.7. The van der Waals surface area contributed by atoms with Gasteiger partial charge in [-0.1, -0.05) is 25.3 Å². The van der Waals surface area contributed by atoms with Gasteiger partial charge < -0.3 is 11.1 Å². The van der Waals surface area contributed by atoms with Crippen LogP contribution in [-0.2, 0) is 0 Å². The average Bonchev–Trinajstić information content (AvgIpc) is 3.30. The van der Waals surface area contributed by atoms with Crippen molar-refractivity contribution in [2.45, 2.75) is 13.8 Å². The van der Waals surface area contributed by atoms with Crippen LogP contribution in [0.2, 0.25) is 0 Å². The molecular weight excluding hydrogens is 429 g/mol. The number of H-pyrrole nitrogens is 1. The van der Waals surface area contributed by atoms with Crippen molar-refractivity contribution in [1.82, 2.24) is 25.1 Å². The van der Waals surface area contributed by atoms with Gasteiger partial charge in [0.15, 0.2) is 5.65 Å². The summed E-state index contributed by atoms with van der Waals surface area (Å²) in [6, 6.07) is 7.48. The van der Waals surface area contributed by atoms with E-state index in [1.165, 1.54) is 12.3 Å². The van der Waals surface area contributed by atoms with Gasteiger partial charge >= 0.3 is 0 Å². The second-order valence-corrected chi connectivity index (χ2v) is 7.53. The summed E-state index contributed by atoms with van der Waals surface area (Å²) in [6.07, 6.45) is 9.74. The normalized spacial score (nSPS) is 12.1. The van der Waals surface area contributed by atoms with Crippen molar-refractivity contribution >= 4 is 28.0 Å². The molecule has 0 bridgehead atoms. The van der Waals surface area contributed by atoms with E-state index in [0.29, 0.717) is 28.2 Å². The molecule has 0 fully saturated rings. The molecule has 0 unspecified atom stereocenters. The number of hydrogen-bond donors (Lipinski definition) is 3. The lowest BCUT2D eigenvalue weighted by Gasteiger charge is -2.14. The quantitative estimate of drug-likeness (QED) is 0.325. The average molecular weight is 454 g/mol. The van der Waals surface area contributed by atoms with Gasteiger partial charge in [0.2, 0.25) is 0 Å². The van der Waals surface area contributed by atoms with Crippen LogP contribution in [0.5, 0.6) is 0 Å². The van der Waals surface area contributed by atoms with Gasteiger partial charge in [-0.15, -0.1) is 0 Å². The van der Waals surface area contributed by atoms with Crippen LogP contribution in [0.4, 0.5) is 10.1 Å². The van der Waals surface area contributed by atoms with E-state index in [1.807, 2.05) is 31.2 Å². The Morgan fingerprint density at radius 3 is 2.71 bits per heavy atom. The summed E-state index contributed by atoms with van der Waals surface area (Å²) in [5.41, 5.74) is 11.4. The molecule has 0 radical (unpaired) electrons. The smallest absolute Gasteiger partial charge is 0.184 e. The zero-order chi connectivity index (χ0) is 24.2. The monoisotopic (exact) mass is 453 g/mol. The van der Waals surface area contributed by atoms with Crippen molar-refractivity contribution in [3.05, 3.63) is 103 Å². The van der Waals surface area contributed by atoms with Crippen molar-refractivity contribution in [2.24, 2.45) is 5.73 Å². The van der Waals surface area contributed by atoms with Gasteiger partial charge in [0.05, 0.1) is 28.2 Å². The van der Waals surface area contributed by atoms with Gasteiger partial charge in [0.1, 0.15) is 5.82 Å². The Balaban J connectivity index is 1.73. The number of anilines is 1. The Morgan fingerprint density at radius 1 is 1.18 bits per heavy atom. The minimum absolute atomic E-state index is 0.233. The Kier molecular flexibility index (Phi) is 6.31. The van der Waals surface area contributed by atoms with Gasteiger partial charge in [0.25, 0.3) is 0 Å². The van der Waals surface area contributed by atoms with E-state index in [0.717, 1.165) is 22.6 Å². The summed E-state index contributed by atoms with van der Waals surface area (Å²) >= 11 is 0. The van der Waals surface area contributed by atoms with Crippen LogP contribution >= 0.6 is 0 Å². The number of pyridine rings is 3. The molecule has 0 aliphatic rings. The molecule has 0 saturated carbocycles. The minimum atomic E-state index is -0.474. The van der Waals surface area contributed by atoms with Crippen molar-refractivity contribution in [3.63, 3.8) is 0 Å². The first-order valence-corrected chi connectivity index (χ1v) is 10.6. The van der Waals surface area contributed by atoms with Crippen LogP contribution in [0.1, 0.15) is 23.7 Å². The third kappa shape index (κ3) is 4.21. The van der Waals surface area contributed by atoms with E-state index >= 15 is 4.39 Å². The third-order valence-corrected chi connectivity index (χ3v) is 5.40. The zero-order valence-corrected chi connectivity index (χ0v) is 18.9. The van der Waals surface area contributed by atoms with Crippen molar-refractivity contribution < 1.29 is 4.39 Å². The van der Waals surface area contributed by atoms with Gasteiger partial charge in [-0.3, -0.25) is 15.1 Å². The highest BCUT2D eigenvalue weighted by atomic mass is 19.1. The number of fused-ring (bicyclic) bond motifs is 1. The van der Waals surface area contributed by atoms with Crippen LogP contribution in [0.25, 0.3) is 33.7 Å². The second-order valence-electron chi connectivity index (χ2n) is 7.53. The van der Waals surface area contributed by atoms with Crippen LogP contribution in [0.15, 0.2) is 79.9 Å². The van der Waals surface area contributed by atoms with Crippen LogP contribution < -0.4 is 11.1 Å². The van der Waals surface area contributed by atoms with Gasteiger partial charge in [0, 0.05) is 41.1 Å². The molecule has 0 aromatic carbocycles. The maximum Gasteiger partial charge on any atom is 0.184 e. The number of aromatic amines is 1. The van der Waals surface area contributed by atoms with E-state index in [-0.39, 0.29) is 11.0 Å². The maximum atomic E-state index is 15.7. The van der Waals surface area contributed by atoms with Crippen molar-refractivity contribution in [2.75, 3.05) is 5.32 Å². The summed E-state index contributed by atoms with van der Waals surface area (Å²) in [5.74, 6) is -0.474. The summed E-state index contributed by atoms with van der Waals surface area (Å²) < 4.78 is 15.7. The Hall–Kier alpha value is -4.59. The lowest BCUT2D eigenvalue weighted by atomic mass is 10.0. The fraction of sp³-hybridized carbons (Fsp3) is 0.0769. The number of nitrogens with one attached hydrogen (secondary N) is 2. The predicted molar refractivity (Wildman–Crippen MR) is 135 cm³/mol. The molecular formula is C26H24FN7. The molecule has 8 heteroatoms. The van der Waals surface area contributed by atoms with Crippen LogP contribution in [0.3, 0.4) is 0 Å². The number of allylic oxidation sites excluding steroid dienone is 4. The Bertz CT molecular complexity index is 1450. The van der Waals surface area contributed by atoms with Crippen LogP contribution in [-0.4, -0.2) is 25.1 Å². The fourth-order valence-electron chi connectivity index (χ4n) is 3.58. The molecule has 0 aliphatic carbocycles. The van der Waals surface area contributed by atoms with E-state index in [1.54, 1.807) is 31.5 Å². The Labute approximate surface area is 196 Å². The number of hydrogen-bond acceptors (Lipinski definition) is 6. The number of halogens is 1. The number of nitrogens with two attached hydrogens (primary N) is 1. The first-order valence-electron chi connectivity index (χ1n) is 10.6. The van der Waals surface area contributed by atoms with E-state index in [4.69, 9.17) is 5.73 Å². The molecule has 7 nitrogen and oxygen atoms in total. The Morgan fingerprint density at radius 2 is 2.00 bits per heavy atom. The second kappa shape index (κ2) is 9.50. The van der Waals surface area contributed by atoms with E-state index in [9.17, 15) is 0 Å². The highest BCUT2D eigenvalue weighted by Gasteiger charge is 2.19. The molecule has 0 atom stereocenters. The fourth-order valence-corrected chi connectivity index (χ4v) is 3.58. The van der Waals surface area contributed by atoms with Gasteiger partial charge in [-0.25, -0.2) is 9.37 Å². The summed E-state index contributed by atoms with van der Waals surface area (Å²) in [6.45, 7) is 11.5. The highest BCUT2D eigenvalue weighted by molar-refractivity contribution is 5.94. The molecule has 0 saturated heterocycles. The molecule has 170 valence electrons. The SMILES string of the molecule is C=C/C(N)=C\C(=C/C)c1cnc2n[nH]c(C(=C)Nc3ccnc(-c4ccccn4)c3C)c2c1F. The summed E-state index contributed by atoms with van der Waals surface area (Å²) in [5, 5.41) is 10.5. The van der Waals surface area contributed by atoms with E-state index < -0.39 is 5.82 Å². The summed E-state index contributed by atoms with van der Waals surface area (Å²) in [7, 11) is 0. The molecule has 4 aromatic rings. The molecule has 0 amide bonds. The van der Waals surface area contributed by atoms with Crippen molar-refractivity contribution in [3.8, 4) is 11.4 Å². The van der Waals surface area contributed by atoms with E-state index in [2.05, 4.69) is 43.6 Å². The molecule has 0 spiro atoms. The molecule has 0 aliphatic heterocycles. The molecule has 4 rings (SSSR count). The molecule has 4 heterocycles. The highest BCUT2D eigenvalue weighted by Crippen LogP contribution is 2.31. The molecule has 4 N–H and O–H groups in total. The molecule has 4 aromatic heterocycles. The van der Waals surface area contributed by atoms with Crippen LogP contribution in [0, 0.1) is 12.7 Å². The standard InChI is InChI=1S/C26H24FN7/c1-5-17(13-18(28)6-2)19-14-31-26-22(23(19)27)25(33-34-26)16(4)32-20-10-12-30-24(15(20)3)21-9-7-8-11-29-21/h5-14H,2,4,28H2,1,3H3,(H,30,32)(H,31,33,34)/b17-5+,18-13+. The van der Waals surface area contributed by atoms with Crippen molar-refractivity contribution in [1.29, 1.82) is 0 Å². The predicted octanol–water partition coefficient (Wildman–Crippen LogP) is 5.38. The summed E-state index contributed by atoms with van der Waals surface area (Å²) in [4.78, 5) is 13.2. The first kappa shape index (κ1) is 22.6. The topological polar surface area (TPSA) is 105 Å². The minimum Gasteiger partial charge on any atom is -0.399 e. The largest absolute Gasteiger partial charge is 0.399 e. The first-order chi connectivity index (χ1) is 16.4. The van der Waals surface area contributed by atoms with Gasteiger partial charge in [-0.05, 0) is 49.8 Å². The number of nitrogens with zero attached hydrogens (tertiary/aromatic N) is 4. The number of rotatable bonds is 7. The number of aromatic nitrogens is 5. The lowest BCUT2D eigenvalue weighted by Crippen LogP contribution is -2.03. The lowest BCUT2D eigenvalue weighted by molar-refractivity contribution is 0.634. The van der Waals surface area contributed by atoms with Gasteiger partial charge in [-0.2, -0.15) is 5.10 Å². The zero-order valence-electron chi connectivity index (χ0n) is 18.9.